The van der Waals surface area contributed by atoms with Crippen molar-refractivity contribution in [1.82, 2.24) is 4.90 Å². The van der Waals surface area contributed by atoms with Gasteiger partial charge < -0.3 is 15.0 Å². The van der Waals surface area contributed by atoms with Crippen LogP contribution in [-0.4, -0.2) is 43.0 Å². The number of ether oxygens (including phenoxy) is 1. The maximum atomic E-state index is 12.7. The van der Waals surface area contributed by atoms with E-state index in [2.05, 4.69) is 12.2 Å². The van der Waals surface area contributed by atoms with E-state index < -0.39 is 0 Å². The van der Waals surface area contributed by atoms with Gasteiger partial charge in [0.1, 0.15) is 0 Å². The number of likely N-dealkylation sites (tertiary alicyclic amines) is 1. The summed E-state index contributed by atoms with van der Waals surface area (Å²) in [6.45, 7) is 5.55. The Hall–Kier alpha value is -1.88. The zero-order valence-corrected chi connectivity index (χ0v) is 15.6. The van der Waals surface area contributed by atoms with Crippen LogP contribution < -0.4 is 5.32 Å². The number of hydrogen-bond donors (Lipinski definition) is 1. The van der Waals surface area contributed by atoms with E-state index in [1.165, 1.54) is 6.42 Å². The van der Waals surface area contributed by atoms with Crippen molar-refractivity contribution in [3.8, 4) is 0 Å². The fraction of sp³-hybridized carbons (Fsp3) is 0.600. The Balaban J connectivity index is 1.95. The molecule has 1 heterocycles. The Kier molecular flexibility index (Phi) is 7.44. The molecule has 5 nitrogen and oxygen atoms in total. The van der Waals surface area contributed by atoms with E-state index in [1.54, 1.807) is 7.11 Å². The first kappa shape index (κ1) is 19.4. The number of nitrogens with one attached hydrogen (secondary N) is 1. The quantitative estimate of drug-likeness (QED) is 0.765. The average Bonchev–Trinajstić information content (AvgIpc) is 2.60. The van der Waals surface area contributed by atoms with Crippen molar-refractivity contribution >= 4 is 17.5 Å². The third-order valence-electron chi connectivity index (χ3n) is 4.81. The predicted molar refractivity (Wildman–Crippen MR) is 99.9 cm³/mol. The van der Waals surface area contributed by atoms with Crippen molar-refractivity contribution in [3.63, 3.8) is 0 Å². The average molecular weight is 346 g/mol. The van der Waals surface area contributed by atoms with Crippen molar-refractivity contribution in [2.75, 3.05) is 25.6 Å². The van der Waals surface area contributed by atoms with E-state index in [4.69, 9.17) is 4.74 Å². The molecular weight excluding hydrogens is 316 g/mol. The van der Waals surface area contributed by atoms with Gasteiger partial charge in [-0.1, -0.05) is 0 Å². The van der Waals surface area contributed by atoms with Gasteiger partial charge in [-0.05, 0) is 69.7 Å². The fourth-order valence-electron chi connectivity index (χ4n) is 3.25. The largest absolute Gasteiger partial charge is 0.385 e. The van der Waals surface area contributed by atoms with Crippen molar-refractivity contribution in [2.45, 2.75) is 58.4 Å². The summed E-state index contributed by atoms with van der Waals surface area (Å²) in [6.07, 6.45) is 5.51. The van der Waals surface area contributed by atoms with E-state index in [0.29, 0.717) is 24.6 Å². The predicted octanol–water partition coefficient (Wildman–Crippen LogP) is 3.76. The number of amides is 2. The maximum absolute atomic E-state index is 12.7. The molecule has 2 rings (SSSR count). The van der Waals surface area contributed by atoms with Crippen molar-refractivity contribution in [3.05, 3.63) is 29.3 Å². The van der Waals surface area contributed by atoms with Crippen LogP contribution in [0.2, 0.25) is 0 Å². The molecular formula is C20H30N2O3. The lowest BCUT2D eigenvalue weighted by Gasteiger charge is -2.33. The SMILES string of the molecule is COCCCCC(=O)Nc1ccc(C(=O)N2CCCCC2C)cc1C. The second-order valence-corrected chi connectivity index (χ2v) is 6.87. The van der Waals surface area contributed by atoms with E-state index >= 15 is 0 Å². The zero-order valence-electron chi connectivity index (χ0n) is 15.6. The van der Waals surface area contributed by atoms with E-state index in [-0.39, 0.29) is 11.8 Å². The van der Waals surface area contributed by atoms with E-state index in [1.807, 2.05) is 30.0 Å². The van der Waals surface area contributed by atoms with Crippen LogP contribution in [0.25, 0.3) is 0 Å². The van der Waals surface area contributed by atoms with Crippen LogP contribution in [0.5, 0.6) is 0 Å². The van der Waals surface area contributed by atoms with Gasteiger partial charge in [-0.2, -0.15) is 0 Å². The molecule has 1 aromatic rings. The first-order chi connectivity index (χ1) is 12.0. The number of anilines is 1. The molecule has 1 aliphatic rings. The number of nitrogens with zero attached hydrogens (tertiary/aromatic N) is 1. The van der Waals surface area contributed by atoms with Crippen LogP contribution in [0.3, 0.4) is 0 Å². The molecule has 2 amide bonds. The van der Waals surface area contributed by atoms with Gasteiger partial charge in [0.15, 0.2) is 0 Å². The summed E-state index contributed by atoms with van der Waals surface area (Å²) in [7, 11) is 1.66. The fourth-order valence-corrected chi connectivity index (χ4v) is 3.25. The molecule has 1 N–H and O–H groups in total. The summed E-state index contributed by atoms with van der Waals surface area (Å²) in [4.78, 5) is 26.7. The molecule has 0 aliphatic carbocycles. The topological polar surface area (TPSA) is 58.6 Å². The second-order valence-electron chi connectivity index (χ2n) is 6.87. The number of carbonyl (C=O) groups is 2. The normalized spacial score (nSPS) is 17.4. The van der Waals surface area contributed by atoms with Gasteiger partial charge in [-0.3, -0.25) is 9.59 Å². The molecule has 0 radical (unpaired) electrons. The molecule has 138 valence electrons. The van der Waals surface area contributed by atoms with Crippen LogP contribution in [0.4, 0.5) is 5.69 Å². The van der Waals surface area contributed by atoms with Gasteiger partial charge in [0.2, 0.25) is 5.91 Å². The highest BCUT2D eigenvalue weighted by Crippen LogP contribution is 2.22. The minimum absolute atomic E-state index is 0.00272. The molecule has 1 aliphatic heterocycles. The summed E-state index contributed by atoms with van der Waals surface area (Å²) in [6, 6.07) is 5.83. The van der Waals surface area contributed by atoms with Crippen LogP contribution >= 0.6 is 0 Å². The highest BCUT2D eigenvalue weighted by atomic mass is 16.5. The molecule has 0 spiro atoms. The van der Waals surface area contributed by atoms with Crippen LogP contribution in [0.1, 0.15) is 61.4 Å². The van der Waals surface area contributed by atoms with Gasteiger partial charge >= 0.3 is 0 Å². The van der Waals surface area contributed by atoms with E-state index in [0.717, 1.165) is 43.5 Å². The molecule has 0 saturated carbocycles. The summed E-state index contributed by atoms with van der Waals surface area (Å²) < 4.78 is 4.99. The first-order valence-electron chi connectivity index (χ1n) is 9.23. The molecule has 0 bridgehead atoms. The monoisotopic (exact) mass is 346 g/mol. The lowest BCUT2D eigenvalue weighted by atomic mass is 10.0. The Bertz CT molecular complexity index is 601. The van der Waals surface area contributed by atoms with Crippen molar-refractivity contribution < 1.29 is 14.3 Å². The third-order valence-corrected chi connectivity index (χ3v) is 4.81. The smallest absolute Gasteiger partial charge is 0.254 e. The molecule has 1 unspecified atom stereocenters. The summed E-state index contributed by atoms with van der Waals surface area (Å²) in [5, 5.41) is 2.94. The molecule has 25 heavy (non-hydrogen) atoms. The highest BCUT2D eigenvalue weighted by molar-refractivity contribution is 5.96. The van der Waals surface area contributed by atoms with Gasteiger partial charge in [0, 0.05) is 44.0 Å². The number of unbranched alkanes of at least 4 members (excludes halogenated alkanes) is 1. The van der Waals surface area contributed by atoms with Crippen LogP contribution in [0.15, 0.2) is 18.2 Å². The first-order valence-corrected chi connectivity index (χ1v) is 9.23. The number of carbonyl (C=O) groups excluding carboxylic acids is 2. The van der Waals surface area contributed by atoms with Gasteiger partial charge in [-0.15, -0.1) is 0 Å². The molecule has 1 aromatic carbocycles. The number of piperidine rings is 1. The van der Waals surface area contributed by atoms with Crippen molar-refractivity contribution in [2.24, 2.45) is 0 Å². The zero-order chi connectivity index (χ0) is 18.2. The number of methoxy groups -OCH3 is 1. The molecule has 1 atom stereocenters. The molecule has 5 heteroatoms. The number of hydrogen-bond acceptors (Lipinski definition) is 3. The lowest BCUT2D eigenvalue weighted by Crippen LogP contribution is -2.42. The maximum Gasteiger partial charge on any atom is 0.254 e. The van der Waals surface area contributed by atoms with Gasteiger partial charge in [0.05, 0.1) is 0 Å². The standard InChI is InChI=1S/C20H30N2O3/c1-15-14-17(20(24)22-12-6-4-8-16(22)2)10-11-18(15)21-19(23)9-5-7-13-25-3/h10-11,14,16H,4-9,12-13H2,1-3H3,(H,21,23). The van der Waals surface area contributed by atoms with Gasteiger partial charge in [0.25, 0.3) is 5.91 Å². The summed E-state index contributed by atoms with van der Waals surface area (Å²) in [5.74, 6) is 0.0932. The molecule has 1 fully saturated rings. The van der Waals surface area contributed by atoms with E-state index in [9.17, 15) is 9.59 Å². The number of benzene rings is 1. The summed E-state index contributed by atoms with van der Waals surface area (Å²) in [5.41, 5.74) is 2.39. The Morgan fingerprint density at radius 2 is 2.08 bits per heavy atom. The third kappa shape index (κ3) is 5.56. The second kappa shape index (κ2) is 9.56. The molecule has 1 saturated heterocycles. The Morgan fingerprint density at radius 1 is 1.28 bits per heavy atom. The van der Waals surface area contributed by atoms with Crippen LogP contribution in [-0.2, 0) is 9.53 Å². The number of aryl methyl sites for hydroxylation is 1. The minimum Gasteiger partial charge on any atom is -0.385 e. The van der Waals surface area contributed by atoms with Crippen LogP contribution in [0, 0.1) is 6.92 Å². The van der Waals surface area contributed by atoms with Gasteiger partial charge in [-0.25, -0.2) is 0 Å². The Morgan fingerprint density at radius 3 is 2.76 bits per heavy atom. The summed E-state index contributed by atoms with van der Waals surface area (Å²) >= 11 is 0. The minimum atomic E-state index is 0.00272. The Labute approximate surface area is 150 Å². The lowest BCUT2D eigenvalue weighted by molar-refractivity contribution is -0.116. The van der Waals surface area contributed by atoms with Crippen molar-refractivity contribution in [1.29, 1.82) is 0 Å². The molecule has 0 aromatic heterocycles. The number of rotatable bonds is 7. The highest BCUT2D eigenvalue weighted by Gasteiger charge is 2.24.